The second-order valence-electron chi connectivity index (χ2n) is 11.5. The van der Waals surface area contributed by atoms with Crippen LogP contribution in [0.2, 0.25) is 0 Å². The van der Waals surface area contributed by atoms with E-state index in [1.54, 1.807) is 24.3 Å². The zero-order valence-electron chi connectivity index (χ0n) is 25.5. The minimum atomic E-state index is -2.71. The maximum Gasteiger partial charge on any atom is 0.395 e. The first-order valence-electron chi connectivity index (χ1n) is 14.9. The number of aliphatic hydroxyl groups is 2. The maximum absolute atomic E-state index is 13.1. The molecule has 4 aromatic rings. The fourth-order valence-electron chi connectivity index (χ4n) is 5.76. The van der Waals surface area contributed by atoms with Gasteiger partial charge in [0.05, 0.1) is 13.4 Å². The van der Waals surface area contributed by atoms with Crippen molar-refractivity contribution in [2.75, 3.05) is 19.5 Å². The predicted molar refractivity (Wildman–Crippen MR) is 164 cm³/mol. The van der Waals surface area contributed by atoms with E-state index in [-0.39, 0.29) is 41.7 Å². The number of esters is 1. The van der Waals surface area contributed by atoms with Gasteiger partial charge in [-0.15, -0.1) is 0 Å². The van der Waals surface area contributed by atoms with Gasteiger partial charge < -0.3 is 39.8 Å². The maximum atomic E-state index is 13.1. The number of rotatable bonds is 10. The zero-order chi connectivity index (χ0) is 32.6. The highest BCUT2D eigenvalue weighted by Gasteiger charge is 2.54. The van der Waals surface area contributed by atoms with E-state index < -0.39 is 44.2 Å². The Morgan fingerprint density at radius 2 is 2.02 bits per heavy atom. The summed E-state index contributed by atoms with van der Waals surface area (Å²) in [5.74, 6) is -0.155. The summed E-state index contributed by atoms with van der Waals surface area (Å²) in [5, 5.41) is 23.8. The lowest BCUT2D eigenvalue weighted by Gasteiger charge is -2.27. The van der Waals surface area contributed by atoms with Crippen LogP contribution in [0.15, 0.2) is 47.5 Å². The molecule has 16 heteroatoms. The van der Waals surface area contributed by atoms with Crippen LogP contribution in [0.3, 0.4) is 0 Å². The minimum absolute atomic E-state index is 0.0711. The molecule has 6 atom stereocenters. The summed E-state index contributed by atoms with van der Waals surface area (Å²) in [4.78, 5) is 38.1. The van der Waals surface area contributed by atoms with Crippen LogP contribution < -0.4 is 24.6 Å². The van der Waals surface area contributed by atoms with Crippen LogP contribution in [-0.4, -0.2) is 79.4 Å². The molecule has 0 bridgehead atoms. The summed E-state index contributed by atoms with van der Waals surface area (Å²) >= 11 is 0. The monoisotopic (exact) mass is 654 g/mol. The van der Waals surface area contributed by atoms with Gasteiger partial charge in [0.25, 0.3) is 0 Å². The van der Waals surface area contributed by atoms with Gasteiger partial charge in [0.15, 0.2) is 29.2 Å². The van der Waals surface area contributed by atoms with E-state index in [4.69, 9.17) is 29.2 Å². The standard InChI is InChI=1S/C30H35N6O9P/c1-16(27(38)43-18-9-5-6-10-18)35-46(40)45-23-19-11-7-4-8-17(19)12-13-20(23)42-14-21-24(37)30(2,39)28(44-21)36-15-32-22-25(36)33-29(31)34-26(22)41-3/h4,7-8,11-13,15-16,18,21,24,28,37,39H,5-6,9-10,14H2,1-3H3,(H2,31,33,34)/t16-,21+,24+,28?,30+/m0/s1. The molecule has 2 aromatic carbocycles. The highest BCUT2D eigenvalue weighted by Crippen LogP contribution is 2.43. The van der Waals surface area contributed by atoms with Gasteiger partial charge in [-0.25, -0.2) is 9.78 Å². The third kappa shape index (κ3) is 6.16. The molecule has 1 aliphatic carbocycles. The molecule has 2 aromatic heterocycles. The molecule has 2 unspecified atom stereocenters. The molecule has 2 fully saturated rings. The Morgan fingerprint density at radius 1 is 1.26 bits per heavy atom. The number of aromatic nitrogens is 4. The van der Waals surface area contributed by atoms with Crippen molar-refractivity contribution in [1.82, 2.24) is 19.5 Å². The molecule has 2 aliphatic rings. The van der Waals surface area contributed by atoms with Crippen LogP contribution >= 0.6 is 8.17 Å². The lowest BCUT2D eigenvalue weighted by molar-refractivity contribution is -0.170. The largest absolute Gasteiger partial charge is 0.575 e. The Balaban J connectivity index is 1.22. The van der Waals surface area contributed by atoms with Crippen molar-refractivity contribution in [2.24, 2.45) is 4.74 Å². The number of ether oxygens (including phenoxy) is 4. The summed E-state index contributed by atoms with van der Waals surface area (Å²) in [5.41, 5.74) is 4.58. The lowest BCUT2D eigenvalue weighted by Crippen LogP contribution is -2.44. The average Bonchev–Trinajstić information content (AvgIpc) is 3.75. The summed E-state index contributed by atoms with van der Waals surface area (Å²) in [6.07, 6.45) is 1.31. The van der Waals surface area contributed by atoms with Crippen molar-refractivity contribution >= 4 is 42.0 Å². The molecular weight excluding hydrogens is 619 g/mol. The third-order valence-electron chi connectivity index (χ3n) is 8.22. The number of hydrogen-bond donors (Lipinski definition) is 3. The molecule has 4 N–H and O–H groups in total. The second kappa shape index (κ2) is 12.9. The van der Waals surface area contributed by atoms with Gasteiger partial charge in [-0.05, 0) is 51.0 Å². The zero-order valence-corrected chi connectivity index (χ0v) is 26.4. The number of carbonyl (C=O) groups is 1. The predicted octanol–water partition coefficient (Wildman–Crippen LogP) is 2.77. The highest BCUT2D eigenvalue weighted by molar-refractivity contribution is 7.34. The molecule has 46 heavy (non-hydrogen) atoms. The smallest absolute Gasteiger partial charge is 0.395 e. The molecular formula is C30H35N6O9P. The van der Waals surface area contributed by atoms with Crippen molar-refractivity contribution in [3.8, 4) is 17.4 Å². The number of fused-ring (bicyclic) bond motifs is 2. The number of hydrogen-bond acceptors (Lipinski definition) is 14. The Hall–Kier alpha value is -4.14. The molecule has 0 amide bonds. The molecule has 1 saturated heterocycles. The Labute approximate surface area is 264 Å². The van der Waals surface area contributed by atoms with E-state index in [0.29, 0.717) is 10.9 Å². The number of nitrogen functional groups attached to an aromatic ring is 1. The van der Waals surface area contributed by atoms with Gasteiger partial charge in [0.2, 0.25) is 17.6 Å². The van der Waals surface area contributed by atoms with E-state index in [1.165, 1.54) is 31.9 Å². The van der Waals surface area contributed by atoms with Crippen molar-refractivity contribution in [1.29, 1.82) is 0 Å². The highest BCUT2D eigenvalue weighted by atomic mass is 31.1. The molecule has 1 saturated carbocycles. The van der Waals surface area contributed by atoms with Crippen molar-refractivity contribution in [2.45, 2.75) is 75.7 Å². The number of nitrogens with two attached hydrogens (primary N) is 1. The van der Waals surface area contributed by atoms with Gasteiger partial charge >= 0.3 is 14.1 Å². The number of aliphatic hydroxyl groups excluding tert-OH is 1. The van der Waals surface area contributed by atoms with E-state index >= 15 is 0 Å². The number of anilines is 1. The summed E-state index contributed by atoms with van der Waals surface area (Å²) in [6, 6.07) is 9.68. The Bertz CT molecular complexity index is 1780. The fourth-order valence-corrected chi connectivity index (χ4v) is 6.53. The molecule has 6 rings (SSSR count). The molecule has 244 valence electrons. The number of imidazole rings is 1. The van der Waals surface area contributed by atoms with Crippen molar-refractivity contribution in [3.63, 3.8) is 0 Å². The number of nitrogens with zero attached hydrogens (tertiary/aromatic N) is 5. The number of carbonyl (C=O) groups excluding carboxylic acids is 1. The van der Waals surface area contributed by atoms with Crippen LogP contribution in [-0.2, 0) is 14.3 Å². The van der Waals surface area contributed by atoms with Gasteiger partial charge in [0.1, 0.15) is 30.5 Å². The third-order valence-corrected chi connectivity index (χ3v) is 9.09. The summed E-state index contributed by atoms with van der Waals surface area (Å²) in [7, 11) is -1.29. The van der Waals surface area contributed by atoms with Crippen LogP contribution in [0, 0.1) is 0 Å². The van der Waals surface area contributed by atoms with Gasteiger partial charge in [-0.1, -0.05) is 35.1 Å². The topological polar surface area (TPSA) is 209 Å². The molecule has 15 nitrogen and oxygen atoms in total. The van der Waals surface area contributed by atoms with E-state index in [1.807, 2.05) is 12.1 Å². The van der Waals surface area contributed by atoms with E-state index in [9.17, 15) is 19.9 Å². The molecule has 0 radical (unpaired) electrons. The molecule has 1 aliphatic heterocycles. The van der Waals surface area contributed by atoms with E-state index in [2.05, 4.69) is 19.7 Å². The quantitative estimate of drug-likeness (QED) is 0.166. The van der Waals surface area contributed by atoms with Crippen molar-refractivity contribution in [3.05, 3.63) is 42.7 Å². The van der Waals surface area contributed by atoms with Gasteiger partial charge in [0, 0.05) is 5.39 Å². The number of benzene rings is 2. The molecule has 3 heterocycles. The first-order chi connectivity index (χ1) is 22.1. The summed E-state index contributed by atoms with van der Waals surface area (Å²) < 4.78 is 34.2. The van der Waals surface area contributed by atoms with Gasteiger partial charge in [-0.3, -0.25) is 9.09 Å². The second-order valence-corrected chi connectivity index (χ2v) is 12.4. The van der Waals surface area contributed by atoms with Crippen LogP contribution in [0.4, 0.5) is 5.95 Å². The van der Waals surface area contributed by atoms with E-state index in [0.717, 1.165) is 31.1 Å². The normalized spacial score (nSPS) is 24.4. The SMILES string of the molecule is COc1nc(N)nc2c1ncn2C1O[C@H](COc2ccc3ccccc3c2O[P+]([O-])=N[C@@H](C)C(=O)OC2CCCC2)[C@@H](O)[C@@]1(C)O. The Kier molecular flexibility index (Phi) is 8.95. The van der Waals surface area contributed by atoms with Crippen LogP contribution in [0.25, 0.3) is 21.9 Å². The minimum Gasteiger partial charge on any atom is -0.575 e. The summed E-state index contributed by atoms with van der Waals surface area (Å²) in [6.45, 7) is 2.70. The average molecular weight is 655 g/mol. The fraction of sp³-hybridized carbons (Fsp3) is 0.467. The Morgan fingerprint density at radius 3 is 2.78 bits per heavy atom. The van der Waals surface area contributed by atoms with Crippen LogP contribution in [0.5, 0.6) is 17.4 Å². The van der Waals surface area contributed by atoms with Crippen LogP contribution in [0.1, 0.15) is 45.8 Å². The van der Waals surface area contributed by atoms with Gasteiger partial charge in [-0.2, -0.15) is 9.97 Å². The lowest BCUT2D eigenvalue weighted by atomic mass is 9.96. The van der Waals surface area contributed by atoms with Crippen molar-refractivity contribution < 1.29 is 43.4 Å². The first kappa shape index (κ1) is 31.8. The number of methoxy groups -OCH3 is 1. The molecule has 0 spiro atoms. The first-order valence-corrected chi connectivity index (χ1v) is 16.0.